The van der Waals surface area contributed by atoms with Crippen LogP contribution in [0.5, 0.6) is 0 Å². The van der Waals surface area contributed by atoms with E-state index in [2.05, 4.69) is 151 Å². The summed E-state index contributed by atoms with van der Waals surface area (Å²) < 4.78 is 4.35. The molecular weight excluding hydrogens is 538 g/mol. The summed E-state index contributed by atoms with van der Waals surface area (Å²) in [5, 5.41) is 10.8. The van der Waals surface area contributed by atoms with Gasteiger partial charge in [-0.1, -0.05) is 111 Å². The van der Waals surface area contributed by atoms with Crippen LogP contribution >= 0.6 is 0 Å². The molecule has 1 aliphatic heterocycles. The molecule has 0 saturated carbocycles. The molecule has 1 aliphatic rings. The zero-order valence-electron chi connectivity index (χ0n) is 26.0. The molecule has 7 rings (SSSR count). The van der Waals surface area contributed by atoms with Gasteiger partial charge in [-0.05, 0) is 68.7 Å². The molecule has 0 aliphatic carbocycles. The quantitative estimate of drug-likeness (QED) is 0.181. The van der Waals surface area contributed by atoms with Gasteiger partial charge < -0.3 is 0 Å². The van der Waals surface area contributed by atoms with Gasteiger partial charge in [-0.3, -0.25) is 4.90 Å². The monoisotopic (exact) mass is 577 g/mol. The van der Waals surface area contributed by atoms with E-state index < -0.39 is 0 Å². The molecule has 0 fully saturated rings. The van der Waals surface area contributed by atoms with Crippen LogP contribution in [0.4, 0.5) is 17.3 Å². The minimum Gasteiger partial charge on any atom is -0.278 e. The number of aryl methyl sites for hydroxylation is 4. The number of anilines is 3. The molecule has 0 bridgehead atoms. The van der Waals surface area contributed by atoms with Crippen LogP contribution in [0.1, 0.15) is 71.8 Å². The highest BCUT2D eigenvalue weighted by molar-refractivity contribution is 5.85. The van der Waals surface area contributed by atoms with E-state index in [9.17, 15) is 0 Å². The van der Waals surface area contributed by atoms with Crippen LogP contribution < -0.4 is 4.90 Å². The minimum atomic E-state index is 0.000299. The van der Waals surface area contributed by atoms with Crippen LogP contribution in [0.3, 0.4) is 0 Å². The normalized spacial score (nSPS) is 12.8. The molecule has 3 heterocycles. The Morgan fingerprint density at radius 1 is 0.523 bits per heavy atom. The Hall–Kier alpha value is -4.90. The Morgan fingerprint density at radius 2 is 0.955 bits per heavy atom. The van der Waals surface area contributed by atoms with Crippen molar-refractivity contribution in [1.29, 1.82) is 0 Å². The van der Waals surface area contributed by atoms with Crippen molar-refractivity contribution in [3.63, 3.8) is 0 Å². The average molecular weight is 578 g/mol. The maximum Gasteiger partial charge on any atom is 0.147 e. The van der Waals surface area contributed by atoms with Gasteiger partial charge in [0.2, 0.25) is 0 Å². The summed E-state index contributed by atoms with van der Waals surface area (Å²) in [6.07, 6.45) is 3.83. The van der Waals surface area contributed by atoms with Gasteiger partial charge in [0.25, 0.3) is 0 Å². The first-order chi connectivity index (χ1) is 21.6. The summed E-state index contributed by atoms with van der Waals surface area (Å²) in [5.41, 5.74) is 11.8. The molecule has 0 atom stereocenters. The van der Waals surface area contributed by atoms with Crippen molar-refractivity contribution in [2.24, 2.45) is 0 Å². The Bertz CT molecular complexity index is 1790. The summed E-state index contributed by atoms with van der Waals surface area (Å²) >= 11 is 0. The third-order valence-corrected chi connectivity index (χ3v) is 8.63. The lowest BCUT2D eigenvalue weighted by Crippen LogP contribution is -2.26. The second-order valence-corrected chi connectivity index (χ2v) is 11.9. The van der Waals surface area contributed by atoms with Crippen LogP contribution in [0, 0.1) is 13.8 Å². The summed E-state index contributed by atoms with van der Waals surface area (Å²) in [5.74, 6) is 2.17. The van der Waals surface area contributed by atoms with Gasteiger partial charge in [0, 0.05) is 22.7 Å². The molecule has 5 heteroatoms. The lowest BCUT2D eigenvalue weighted by molar-refractivity contribution is 0.788. The Labute approximate surface area is 260 Å². The van der Waals surface area contributed by atoms with Gasteiger partial charge in [-0.25, -0.2) is 9.36 Å². The molecule has 220 valence electrons. The van der Waals surface area contributed by atoms with E-state index in [0.29, 0.717) is 0 Å². The highest BCUT2D eigenvalue weighted by Gasteiger charge is 2.43. The van der Waals surface area contributed by atoms with Crippen molar-refractivity contribution >= 4 is 17.3 Å². The van der Waals surface area contributed by atoms with Gasteiger partial charge in [-0.15, -0.1) is 0 Å². The number of rotatable bonds is 8. The summed E-state index contributed by atoms with van der Waals surface area (Å²) in [6, 6.07) is 39.1. The van der Waals surface area contributed by atoms with Gasteiger partial charge in [0.15, 0.2) is 0 Å². The Balaban J connectivity index is 1.65. The molecular formula is C39H39N5. The van der Waals surface area contributed by atoms with Crippen molar-refractivity contribution in [3.8, 4) is 11.4 Å². The topological polar surface area (TPSA) is 38.9 Å². The number of para-hydroxylation sites is 2. The van der Waals surface area contributed by atoms with Crippen LogP contribution in [0.15, 0.2) is 109 Å². The first-order valence-electron chi connectivity index (χ1n) is 15.9. The number of aromatic nitrogens is 4. The maximum atomic E-state index is 5.42. The predicted octanol–water partition coefficient (Wildman–Crippen LogP) is 9.54. The van der Waals surface area contributed by atoms with E-state index in [0.717, 1.165) is 65.8 Å². The fraction of sp³-hybridized carbons (Fsp3) is 0.231. The van der Waals surface area contributed by atoms with Crippen molar-refractivity contribution in [3.05, 3.63) is 148 Å². The van der Waals surface area contributed by atoms with E-state index in [1.165, 1.54) is 27.8 Å². The van der Waals surface area contributed by atoms with Crippen LogP contribution in [0.2, 0.25) is 0 Å². The van der Waals surface area contributed by atoms with Crippen LogP contribution in [-0.4, -0.2) is 19.6 Å². The van der Waals surface area contributed by atoms with Gasteiger partial charge in [0.05, 0.1) is 22.8 Å². The number of nitrogens with zero attached hydrogens (tertiary/aromatic N) is 5. The van der Waals surface area contributed by atoms with Crippen molar-refractivity contribution in [2.45, 2.75) is 59.3 Å². The first kappa shape index (κ1) is 27.9. The van der Waals surface area contributed by atoms with E-state index in [1.54, 1.807) is 0 Å². The van der Waals surface area contributed by atoms with Crippen molar-refractivity contribution < 1.29 is 0 Å². The van der Waals surface area contributed by atoms with E-state index >= 15 is 0 Å². The number of fused-ring (bicyclic) bond motifs is 2. The SMILES string of the molecule is CCCc1nn(-c2ccccc2)c2c1C(c1ccc(C)cc1)c1c(CCC)nn(-c3ccccc3)c1N2c1ccc(C)cc1. The van der Waals surface area contributed by atoms with E-state index in [1.807, 2.05) is 0 Å². The number of hydrogen-bond donors (Lipinski definition) is 0. The zero-order valence-corrected chi connectivity index (χ0v) is 26.0. The molecule has 0 unspecified atom stereocenters. The highest BCUT2D eigenvalue weighted by atomic mass is 15.5. The average Bonchev–Trinajstić information content (AvgIpc) is 3.61. The molecule has 0 spiro atoms. The summed E-state index contributed by atoms with van der Waals surface area (Å²) in [7, 11) is 0. The lowest BCUT2D eigenvalue weighted by Gasteiger charge is -2.36. The lowest BCUT2D eigenvalue weighted by atomic mass is 9.80. The second-order valence-electron chi connectivity index (χ2n) is 11.9. The Kier molecular flexibility index (Phi) is 7.39. The summed E-state index contributed by atoms with van der Waals surface area (Å²) in [4.78, 5) is 2.42. The molecule has 44 heavy (non-hydrogen) atoms. The van der Waals surface area contributed by atoms with Gasteiger partial charge >= 0.3 is 0 Å². The molecule has 0 N–H and O–H groups in total. The maximum absolute atomic E-state index is 5.42. The minimum absolute atomic E-state index is 0.000299. The molecule has 2 aromatic heterocycles. The van der Waals surface area contributed by atoms with Crippen LogP contribution in [0.25, 0.3) is 11.4 Å². The van der Waals surface area contributed by atoms with Crippen LogP contribution in [-0.2, 0) is 12.8 Å². The molecule has 0 saturated heterocycles. The molecule has 0 amide bonds. The number of hydrogen-bond acceptors (Lipinski definition) is 3. The van der Waals surface area contributed by atoms with E-state index in [-0.39, 0.29) is 5.92 Å². The standard InChI is InChI=1S/C39H39N5/c1-5-13-33-36-35(29-23-19-27(3)20-24-29)37-34(14-6-2)41-44(32-17-11-8-12-18-32)39(37)42(30-25-21-28(4)22-26-30)38(36)43(40-33)31-15-9-7-10-16-31/h7-12,15-26,35H,5-6,13-14H2,1-4H3. The smallest absolute Gasteiger partial charge is 0.147 e. The third-order valence-electron chi connectivity index (χ3n) is 8.63. The van der Waals surface area contributed by atoms with Crippen molar-refractivity contribution in [1.82, 2.24) is 19.6 Å². The molecule has 5 nitrogen and oxygen atoms in total. The van der Waals surface area contributed by atoms with Gasteiger partial charge in [-0.2, -0.15) is 10.2 Å². The molecule has 4 aromatic carbocycles. The zero-order chi connectivity index (χ0) is 30.2. The third kappa shape index (κ3) is 4.73. The predicted molar refractivity (Wildman–Crippen MR) is 180 cm³/mol. The summed E-state index contributed by atoms with van der Waals surface area (Å²) in [6.45, 7) is 8.80. The highest BCUT2D eigenvalue weighted by Crippen LogP contribution is 2.55. The Morgan fingerprint density at radius 3 is 1.39 bits per heavy atom. The number of benzene rings is 4. The van der Waals surface area contributed by atoms with Crippen molar-refractivity contribution in [2.75, 3.05) is 4.90 Å². The second kappa shape index (κ2) is 11.6. The van der Waals surface area contributed by atoms with E-state index in [4.69, 9.17) is 10.2 Å². The van der Waals surface area contributed by atoms with Gasteiger partial charge in [0.1, 0.15) is 11.6 Å². The fourth-order valence-corrected chi connectivity index (χ4v) is 6.57. The molecule has 6 aromatic rings. The fourth-order valence-electron chi connectivity index (χ4n) is 6.57. The first-order valence-corrected chi connectivity index (χ1v) is 15.9. The molecule has 0 radical (unpaired) electrons. The largest absolute Gasteiger partial charge is 0.278 e.